The highest BCUT2D eigenvalue weighted by atomic mass is 19.4. The average molecular weight is 490 g/mol. The van der Waals surface area contributed by atoms with Gasteiger partial charge in [0.25, 0.3) is 0 Å². The third kappa shape index (κ3) is 6.10. The molecule has 0 atom stereocenters. The molecule has 0 unspecified atom stereocenters. The third-order valence-electron chi connectivity index (χ3n) is 5.76. The molecule has 0 radical (unpaired) electrons. The van der Waals surface area contributed by atoms with Crippen LogP contribution >= 0.6 is 0 Å². The number of rotatable bonds is 8. The van der Waals surface area contributed by atoms with Crippen LogP contribution in [0.4, 0.5) is 17.6 Å². The Morgan fingerprint density at radius 1 is 0.943 bits per heavy atom. The molecule has 0 bridgehead atoms. The van der Waals surface area contributed by atoms with Crippen molar-refractivity contribution in [1.82, 2.24) is 0 Å². The summed E-state index contributed by atoms with van der Waals surface area (Å²) in [4.78, 5) is 12.5. The molecule has 3 aromatic carbocycles. The van der Waals surface area contributed by atoms with E-state index in [4.69, 9.17) is 14.2 Å². The molecule has 3 aromatic rings. The lowest BCUT2D eigenvalue weighted by atomic mass is 9.84. The van der Waals surface area contributed by atoms with Crippen molar-refractivity contribution in [3.05, 3.63) is 78.1 Å². The molecule has 0 saturated carbocycles. The molecule has 35 heavy (non-hydrogen) atoms. The van der Waals surface area contributed by atoms with Gasteiger partial charge in [0.2, 0.25) is 0 Å². The summed E-state index contributed by atoms with van der Waals surface area (Å²) in [5.74, 6) is -1.73. The lowest BCUT2D eigenvalue weighted by Crippen LogP contribution is -2.46. The van der Waals surface area contributed by atoms with E-state index in [1.54, 1.807) is 36.4 Å². The van der Waals surface area contributed by atoms with Gasteiger partial charge in [-0.3, -0.25) is 0 Å². The lowest BCUT2D eigenvalue weighted by molar-refractivity contribution is -0.275. The maximum Gasteiger partial charge on any atom is 0.573 e. The molecule has 0 aliphatic carbocycles. The summed E-state index contributed by atoms with van der Waals surface area (Å²) in [6, 6.07) is 15.9. The van der Waals surface area contributed by atoms with Gasteiger partial charge in [-0.25, -0.2) is 9.18 Å². The highest BCUT2D eigenvalue weighted by molar-refractivity contribution is 5.91. The van der Waals surface area contributed by atoms with Crippen LogP contribution in [0.15, 0.2) is 66.7 Å². The number of esters is 1. The predicted octanol–water partition coefficient (Wildman–Crippen LogP) is 6.42. The Morgan fingerprint density at radius 2 is 1.57 bits per heavy atom. The number of carbonyl (C=O) groups is 1. The Kier molecular flexibility index (Phi) is 6.98. The van der Waals surface area contributed by atoms with E-state index in [0.29, 0.717) is 42.3 Å². The second-order valence-corrected chi connectivity index (χ2v) is 8.27. The minimum Gasteiger partial charge on any atom is -0.493 e. The van der Waals surface area contributed by atoms with Crippen LogP contribution in [0.2, 0.25) is 0 Å². The zero-order chi connectivity index (χ0) is 25.1. The monoisotopic (exact) mass is 490 g/mol. The van der Waals surface area contributed by atoms with Crippen molar-refractivity contribution in [2.75, 3.05) is 19.8 Å². The number of hydrogen-bond donors (Lipinski definition) is 0. The van der Waals surface area contributed by atoms with Crippen molar-refractivity contribution >= 4 is 5.97 Å². The topological polar surface area (TPSA) is 54.0 Å². The average Bonchev–Trinajstić information content (AvgIpc) is 2.80. The van der Waals surface area contributed by atoms with Crippen molar-refractivity contribution in [1.29, 1.82) is 0 Å². The van der Waals surface area contributed by atoms with E-state index >= 15 is 0 Å². The van der Waals surface area contributed by atoms with Gasteiger partial charge in [0.15, 0.2) is 11.6 Å². The Morgan fingerprint density at radius 3 is 2.11 bits per heavy atom. The van der Waals surface area contributed by atoms with Gasteiger partial charge >= 0.3 is 12.3 Å². The minimum absolute atomic E-state index is 0.0500. The number of benzene rings is 3. The molecule has 1 aliphatic rings. The van der Waals surface area contributed by atoms with E-state index in [2.05, 4.69) is 11.7 Å². The number of carbonyl (C=O) groups excluding carboxylic acids is 1. The Hall–Kier alpha value is -3.59. The summed E-state index contributed by atoms with van der Waals surface area (Å²) in [5.41, 5.74) is 1.24. The first-order valence-electron chi connectivity index (χ1n) is 10.8. The van der Waals surface area contributed by atoms with E-state index < -0.39 is 23.9 Å². The van der Waals surface area contributed by atoms with Crippen LogP contribution in [0.3, 0.4) is 0 Å². The van der Waals surface area contributed by atoms with Crippen LogP contribution in [0, 0.1) is 11.2 Å². The van der Waals surface area contributed by atoms with Gasteiger partial charge in [-0.15, -0.1) is 13.2 Å². The van der Waals surface area contributed by atoms with E-state index in [0.717, 1.165) is 18.6 Å². The molecule has 1 aliphatic heterocycles. The van der Waals surface area contributed by atoms with Gasteiger partial charge in [0.05, 0.1) is 30.8 Å². The zero-order valence-electron chi connectivity index (χ0n) is 18.7. The third-order valence-corrected chi connectivity index (χ3v) is 5.76. The first-order chi connectivity index (χ1) is 16.7. The fourth-order valence-corrected chi connectivity index (χ4v) is 3.47. The quantitative estimate of drug-likeness (QED) is 0.207. The van der Waals surface area contributed by atoms with Crippen LogP contribution in [0.25, 0.3) is 11.1 Å². The van der Waals surface area contributed by atoms with Gasteiger partial charge in [0, 0.05) is 0 Å². The first kappa shape index (κ1) is 24.5. The summed E-state index contributed by atoms with van der Waals surface area (Å²) in [6.07, 6.45) is -4.02. The van der Waals surface area contributed by atoms with Crippen molar-refractivity contribution in [3.8, 4) is 28.4 Å². The number of ether oxygens (including phenoxy) is 4. The summed E-state index contributed by atoms with van der Waals surface area (Å²) in [6.45, 7) is 4.00. The molecule has 0 amide bonds. The van der Waals surface area contributed by atoms with Crippen LogP contribution in [0.5, 0.6) is 17.2 Å². The number of alkyl halides is 3. The van der Waals surface area contributed by atoms with E-state index in [1.807, 2.05) is 0 Å². The molecule has 0 N–H and O–H groups in total. The van der Waals surface area contributed by atoms with Gasteiger partial charge < -0.3 is 18.9 Å². The largest absolute Gasteiger partial charge is 0.573 e. The SMILES string of the molecule is CCC1(COc2ccc(C(=O)Oc3ccc(-c4ccc(OC(F)(F)F)c(F)c4)cc3)cc2)COC1. The molecule has 184 valence electrons. The molecule has 4 rings (SSSR count). The molecular formula is C26H22F4O5. The van der Waals surface area contributed by atoms with Gasteiger partial charge in [0.1, 0.15) is 11.5 Å². The smallest absolute Gasteiger partial charge is 0.493 e. The van der Waals surface area contributed by atoms with Gasteiger partial charge in [-0.2, -0.15) is 0 Å². The van der Waals surface area contributed by atoms with Crippen LogP contribution in [0.1, 0.15) is 23.7 Å². The normalized spacial score (nSPS) is 14.7. The Labute approximate surface area is 199 Å². The molecule has 9 heteroatoms. The minimum atomic E-state index is -4.98. The van der Waals surface area contributed by atoms with Crippen LogP contribution in [-0.2, 0) is 4.74 Å². The molecular weight excluding hydrogens is 468 g/mol. The van der Waals surface area contributed by atoms with Crippen molar-refractivity contribution in [3.63, 3.8) is 0 Å². The Balaban J connectivity index is 1.35. The highest BCUT2D eigenvalue weighted by Crippen LogP contribution is 2.32. The maximum absolute atomic E-state index is 14.0. The van der Waals surface area contributed by atoms with Crippen molar-refractivity contribution in [2.24, 2.45) is 5.41 Å². The highest BCUT2D eigenvalue weighted by Gasteiger charge is 2.37. The molecule has 1 saturated heterocycles. The second kappa shape index (κ2) is 9.95. The summed E-state index contributed by atoms with van der Waals surface area (Å²) < 4.78 is 71.0. The molecule has 5 nitrogen and oxygen atoms in total. The van der Waals surface area contributed by atoms with Crippen molar-refractivity contribution in [2.45, 2.75) is 19.7 Å². The fraction of sp³-hybridized carbons (Fsp3) is 0.269. The van der Waals surface area contributed by atoms with E-state index in [-0.39, 0.29) is 11.2 Å². The number of hydrogen-bond acceptors (Lipinski definition) is 5. The fourth-order valence-electron chi connectivity index (χ4n) is 3.47. The predicted molar refractivity (Wildman–Crippen MR) is 119 cm³/mol. The summed E-state index contributed by atoms with van der Waals surface area (Å²) in [5, 5.41) is 0. The Bertz CT molecular complexity index is 1160. The standard InChI is InChI=1S/C26H22F4O5/c1-2-25(14-32-15-25)16-33-20-8-5-18(6-9-20)24(31)34-21-10-3-17(4-11-21)19-7-12-23(22(27)13-19)35-26(28,29)30/h3-13H,2,14-16H2,1H3. The molecule has 1 fully saturated rings. The van der Waals surface area contributed by atoms with Crippen LogP contribution < -0.4 is 14.2 Å². The van der Waals surface area contributed by atoms with Gasteiger partial charge in [-0.1, -0.05) is 25.1 Å². The summed E-state index contributed by atoms with van der Waals surface area (Å²) >= 11 is 0. The molecule has 0 aromatic heterocycles. The lowest BCUT2D eigenvalue weighted by Gasteiger charge is -2.40. The molecule has 0 spiro atoms. The van der Waals surface area contributed by atoms with E-state index in [9.17, 15) is 22.4 Å². The van der Waals surface area contributed by atoms with Crippen LogP contribution in [-0.4, -0.2) is 32.2 Å². The zero-order valence-corrected chi connectivity index (χ0v) is 18.7. The maximum atomic E-state index is 14.0. The second-order valence-electron chi connectivity index (χ2n) is 8.27. The summed E-state index contributed by atoms with van der Waals surface area (Å²) in [7, 11) is 0. The number of halogens is 4. The first-order valence-corrected chi connectivity index (χ1v) is 10.8. The molecule has 1 heterocycles. The van der Waals surface area contributed by atoms with E-state index in [1.165, 1.54) is 18.2 Å². The van der Waals surface area contributed by atoms with Gasteiger partial charge in [-0.05, 0) is 66.1 Å². The van der Waals surface area contributed by atoms with Crippen molar-refractivity contribution < 1.29 is 41.3 Å².